The van der Waals surface area contributed by atoms with Crippen molar-refractivity contribution in [1.82, 2.24) is 0 Å². The number of benzene rings is 2. The number of carbonyl (C=O) groups excluding carboxylic acids is 1. The highest BCUT2D eigenvalue weighted by atomic mass is 35.5. The topological polar surface area (TPSA) is 52.3 Å². The molecule has 3 rings (SSSR count). The van der Waals surface area contributed by atoms with Gasteiger partial charge in [0.15, 0.2) is 11.5 Å². The summed E-state index contributed by atoms with van der Waals surface area (Å²) in [7, 11) is 0. The first kappa shape index (κ1) is 12.9. The van der Waals surface area contributed by atoms with Gasteiger partial charge in [-0.2, -0.15) is 0 Å². The number of hydrogen-bond donors (Lipinski definition) is 1. The highest BCUT2D eigenvalue weighted by Crippen LogP contribution is 2.40. The number of ether oxygens (including phenoxy) is 1. The van der Waals surface area contributed by atoms with E-state index in [-0.39, 0.29) is 18.0 Å². The molecule has 1 unspecified atom stereocenters. The summed E-state index contributed by atoms with van der Waals surface area (Å²) in [5.74, 6) is -0.0719. The number of ketones is 1. The molecule has 2 N–H and O–H groups in total. The van der Waals surface area contributed by atoms with Gasteiger partial charge in [0.2, 0.25) is 0 Å². The molecule has 1 atom stereocenters. The predicted octanol–water partition coefficient (Wildman–Crippen LogP) is 3.77. The zero-order valence-electron chi connectivity index (χ0n) is 10.4. The summed E-state index contributed by atoms with van der Waals surface area (Å²) in [5.41, 5.74) is 7.31. The average Bonchev–Trinajstić information content (AvgIpc) is 2.40. The quantitative estimate of drug-likeness (QED) is 0.814. The number of nitrogen functional groups attached to an aromatic ring is 1. The minimum atomic E-state index is -0.459. The molecule has 5 heteroatoms. The van der Waals surface area contributed by atoms with Crippen LogP contribution in [-0.2, 0) is 0 Å². The van der Waals surface area contributed by atoms with Gasteiger partial charge in [0.05, 0.1) is 17.7 Å². The zero-order valence-corrected chi connectivity index (χ0v) is 11.2. The second-order valence-electron chi connectivity index (χ2n) is 4.66. The molecule has 2 aromatic rings. The maximum atomic E-state index is 12.9. The van der Waals surface area contributed by atoms with Crippen LogP contribution in [0, 0.1) is 5.82 Å². The van der Waals surface area contributed by atoms with Gasteiger partial charge in [-0.05, 0) is 29.8 Å². The number of nitrogens with two attached hydrogens (primary N) is 1. The van der Waals surface area contributed by atoms with Gasteiger partial charge in [-0.1, -0.05) is 23.7 Å². The van der Waals surface area contributed by atoms with E-state index in [1.807, 2.05) is 0 Å². The Bertz CT molecular complexity index is 685. The Morgan fingerprint density at radius 2 is 1.95 bits per heavy atom. The van der Waals surface area contributed by atoms with E-state index in [9.17, 15) is 9.18 Å². The Hall–Kier alpha value is -2.07. The normalized spacial score (nSPS) is 17.5. The van der Waals surface area contributed by atoms with Gasteiger partial charge >= 0.3 is 0 Å². The van der Waals surface area contributed by atoms with Crippen LogP contribution in [0.5, 0.6) is 5.75 Å². The van der Waals surface area contributed by atoms with Gasteiger partial charge in [0.1, 0.15) is 11.9 Å². The first-order chi connectivity index (χ1) is 9.54. The summed E-state index contributed by atoms with van der Waals surface area (Å²) in [6.45, 7) is 0. The third-order valence-electron chi connectivity index (χ3n) is 3.26. The maximum Gasteiger partial charge on any atom is 0.170 e. The van der Waals surface area contributed by atoms with E-state index in [0.29, 0.717) is 22.0 Å². The summed E-state index contributed by atoms with van der Waals surface area (Å²) in [6, 6.07) is 8.97. The van der Waals surface area contributed by atoms with E-state index in [1.165, 1.54) is 12.1 Å². The molecule has 0 saturated carbocycles. The molecule has 1 aliphatic rings. The molecule has 102 valence electrons. The van der Waals surface area contributed by atoms with Crippen LogP contribution in [-0.4, -0.2) is 5.78 Å². The lowest BCUT2D eigenvalue weighted by molar-refractivity contribution is 0.0851. The maximum absolute atomic E-state index is 12.9. The largest absolute Gasteiger partial charge is 0.482 e. The van der Waals surface area contributed by atoms with Gasteiger partial charge in [0, 0.05) is 5.02 Å². The number of carbonyl (C=O) groups is 1. The Morgan fingerprint density at radius 3 is 2.65 bits per heavy atom. The molecule has 1 aliphatic heterocycles. The highest BCUT2D eigenvalue weighted by molar-refractivity contribution is 6.31. The predicted molar refractivity (Wildman–Crippen MR) is 74.6 cm³/mol. The van der Waals surface area contributed by atoms with Gasteiger partial charge in [-0.15, -0.1) is 0 Å². The van der Waals surface area contributed by atoms with Crippen molar-refractivity contribution in [3.63, 3.8) is 0 Å². The monoisotopic (exact) mass is 291 g/mol. The number of fused-ring (bicyclic) bond motifs is 1. The fraction of sp³-hybridized carbons (Fsp3) is 0.133. The second-order valence-corrected chi connectivity index (χ2v) is 5.09. The van der Waals surface area contributed by atoms with Crippen molar-refractivity contribution in [2.45, 2.75) is 12.5 Å². The SMILES string of the molecule is Nc1cc(Cl)cc2c1OC(c1ccc(F)cc1)CC2=O. The molecule has 0 amide bonds. The molecule has 0 spiro atoms. The van der Waals surface area contributed by atoms with Crippen molar-refractivity contribution in [2.75, 3.05) is 5.73 Å². The van der Waals surface area contributed by atoms with Crippen LogP contribution < -0.4 is 10.5 Å². The highest BCUT2D eigenvalue weighted by Gasteiger charge is 2.29. The molecule has 20 heavy (non-hydrogen) atoms. The number of anilines is 1. The summed E-state index contributed by atoms with van der Waals surface area (Å²) in [4.78, 5) is 12.2. The minimum Gasteiger partial charge on any atom is -0.482 e. The molecule has 0 saturated heterocycles. The van der Waals surface area contributed by atoms with E-state index in [1.54, 1.807) is 24.3 Å². The molecule has 0 aliphatic carbocycles. The van der Waals surface area contributed by atoms with E-state index in [2.05, 4.69) is 0 Å². The van der Waals surface area contributed by atoms with Crippen molar-refractivity contribution < 1.29 is 13.9 Å². The van der Waals surface area contributed by atoms with E-state index >= 15 is 0 Å². The van der Waals surface area contributed by atoms with Gasteiger partial charge in [-0.3, -0.25) is 4.79 Å². The fourth-order valence-electron chi connectivity index (χ4n) is 2.28. The van der Waals surface area contributed by atoms with Crippen molar-refractivity contribution in [3.05, 3.63) is 58.4 Å². The Kier molecular flexibility index (Phi) is 3.10. The third kappa shape index (κ3) is 2.23. The Labute approximate surface area is 120 Å². The first-order valence-corrected chi connectivity index (χ1v) is 6.47. The van der Waals surface area contributed by atoms with Crippen molar-refractivity contribution in [1.29, 1.82) is 0 Å². The smallest absolute Gasteiger partial charge is 0.170 e. The Balaban J connectivity index is 2.00. The lowest BCUT2D eigenvalue weighted by atomic mass is 9.96. The van der Waals surface area contributed by atoms with Crippen molar-refractivity contribution in [3.8, 4) is 5.75 Å². The van der Waals surface area contributed by atoms with Crippen LogP contribution in [0.3, 0.4) is 0 Å². The third-order valence-corrected chi connectivity index (χ3v) is 3.47. The molecule has 3 nitrogen and oxygen atoms in total. The van der Waals surface area contributed by atoms with Crippen LogP contribution in [0.1, 0.15) is 28.4 Å². The minimum absolute atomic E-state index is 0.0882. The summed E-state index contributed by atoms with van der Waals surface area (Å²) in [6.07, 6.45) is -0.280. The van der Waals surface area contributed by atoms with Crippen LogP contribution in [0.25, 0.3) is 0 Å². The van der Waals surface area contributed by atoms with Crippen LogP contribution >= 0.6 is 11.6 Å². The summed E-state index contributed by atoms with van der Waals surface area (Å²) >= 11 is 5.89. The molecule has 0 radical (unpaired) electrons. The molecule has 0 bridgehead atoms. The lowest BCUT2D eigenvalue weighted by Crippen LogP contribution is -2.21. The summed E-state index contributed by atoms with van der Waals surface area (Å²) in [5, 5.41) is 0.401. The van der Waals surface area contributed by atoms with Crippen LogP contribution in [0.4, 0.5) is 10.1 Å². The Morgan fingerprint density at radius 1 is 1.25 bits per heavy atom. The number of hydrogen-bond acceptors (Lipinski definition) is 3. The fourth-order valence-corrected chi connectivity index (χ4v) is 2.51. The van der Waals surface area contributed by atoms with E-state index in [4.69, 9.17) is 22.1 Å². The van der Waals surface area contributed by atoms with E-state index < -0.39 is 6.10 Å². The number of halogens is 2. The first-order valence-electron chi connectivity index (χ1n) is 6.09. The number of Topliss-reactive ketones (excluding diaryl/α,β-unsaturated/α-hetero) is 1. The lowest BCUT2D eigenvalue weighted by Gasteiger charge is -2.26. The van der Waals surface area contributed by atoms with Crippen molar-refractivity contribution >= 4 is 23.1 Å². The molecular weight excluding hydrogens is 281 g/mol. The molecule has 2 aromatic carbocycles. The van der Waals surface area contributed by atoms with Gasteiger partial charge in [0.25, 0.3) is 0 Å². The van der Waals surface area contributed by atoms with E-state index in [0.717, 1.165) is 5.56 Å². The molecular formula is C15H11ClFNO2. The molecule has 1 heterocycles. The van der Waals surface area contributed by atoms with Crippen LogP contribution in [0.2, 0.25) is 5.02 Å². The zero-order chi connectivity index (χ0) is 14.3. The standard InChI is InChI=1S/C15H11ClFNO2/c16-9-5-11-13(19)7-14(20-15(11)12(18)6-9)8-1-3-10(17)4-2-8/h1-6,14H,7,18H2. The average molecular weight is 292 g/mol. The van der Waals surface area contributed by atoms with Crippen LogP contribution in [0.15, 0.2) is 36.4 Å². The van der Waals surface area contributed by atoms with Gasteiger partial charge in [-0.25, -0.2) is 4.39 Å². The molecule has 0 fully saturated rings. The van der Waals surface area contributed by atoms with Gasteiger partial charge < -0.3 is 10.5 Å². The summed E-state index contributed by atoms with van der Waals surface area (Å²) < 4.78 is 18.7. The second kappa shape index (κ2) is 4.80. The van der Waals surface area contributed by atoms with Crippen molar-refractivity contribution in [2.24, 2.45) is 0 Å². The molecule has 0 aromatic heterocycles. The number of rotatable bonds is 1.